The predicted octanol–water partition coefficient (Wildman–Crippen LogP) is 2.36. The zero-order valence-corrected chi connectivity index (χ0v) is 14.3. The normalized spacial score (nSPS) is 11.9. The molecule has 2 aromatic rings. The number of hydrogen-bond donors (Lipinski definition) is 0. The maximum absolute atomic E-state index is 11.7. The summed E-state index contributed by atoms with van der Waals surface area (Å²) in [5.74, 6) is -0.556. The summed E-state index contributed by atoms with van der Waals surface area (Å²) in [5.41, 5.74) is 1.40. The third-order valence-corrected chi connectivity index (χ3v) is 4.33. The number of thiazole rings is 1. The topological polar surface area (TPSA) is 69.9 Å². The van der Waals surface area contributed by atoms with E-state index in [0.717, 1.165) is 10.2 Å². The van der Waals surface area contributed by atoms with Crippen molar-refractivity contribution in [2.45, 2.75) is 26.8 Å². The van der Waals surface area contributed by atoms with E-state index >= 15 is 0 Å². The molecule has 0 aliphatic rings. The fraction of sp³-hybridized carbons (Fsp3) is 0.438. The van der Waals surface area contributed by atoms with Crippen LogP contribution in [0.3, 0.4) is 0 Å². The molecule has 0 radical (unpaired) electrons. The smallest absolute Gasteiger partial charge is 0.337 e. The number of ether oxygens (including phenoxy) is 2. The molecular weight excluding hydrogens is 316 g/mol. The van der Waals surface area contributed by atoms with Crippen LogP contribution in [0.25, 0.3) is 10.2 Å². The van der Waals surface area contributed by atoms with E-state index in [1.807, 2.05) is 17.6 Å². The third kappa shape index (κ3) is 4.05. The molecule has 0 bridgehead atoms. The van der Waals surface area contributed by atoms with Crippen molar-refractivity contribution >= 4 is 33.4 Å². The van der Waals surface area contributed by atoms with Crippen LogP contribution >= 0.6 is 11.3 Å². The molecule has 7 heteroatoms. The Balaban J connectivity index is 2.53. The third-order valence-electron chi connectivity index (χ3n) is 3.29. The Hall–Kier alpha value is -1.99. The highest BCUT2D eigenvalue weighted by Crippen LogP contribution is 2.20. The quantitative estimate of drug-likeness (QED) is 0.600. The van der Waals surface area contributed by atoms with E-state index in [9.17, 15) is 9.59 Å². The van der Waals surface area contributed by atoms with Crippen molar-refractivity contribution in [3.8, 4) is 0 Å². The molecule has 0 aliphatic carbocycles. The van der Waals surface area contributed by atoms with Crippen LogP contribution in [-0.4, -0.2) is 36.8 Å². The SMILES string of the molecule is CCOCCn1c(=NC(=O)CC)sc2cc(C(=O)OC)ccc21. The van der Waals surface area contributed by atoms with Gasteiger partial charge in [-0.1, -0.05) is 18.3 Å². The Kier molecular flexibility index (Phi) is 6.06. The van der Waals surface area contributed by atoms with E-state index in [4.69, 9.17) is 9.47 Å². The number of aromatic nitrogens is 1. The lowest BCUT2D eigenvalue weighted by molar-refractivity contribution is -0.117. The number of fused-ring (bicyclic) bond motifs is 1. The number of methoxy groups -OCH3 is 1. The van der Waals surface area contributed by atoms with Gasteiger partial charge in [0.15, 0.2) is 4.80 Å². The van der Waals surface area contributed by atoms with Gasteiger partial charge in [-0.2, -0.15) is 4.99 Å². The first-order valence-corrected chi connectivity index (χ1v) is 8.29. The molecule has 2 rings (SSSR count). The highest BCUT2D eigenvalue weighted by Gasteiger charge is 2.11. The first kappa shape index (κ1) is 17.4. The van der Waals surface area contributed by atoms with E-state index < -0.39 is 0 Å². The summed E-state index contributed by atoms with van der Waals surface area (Å²) >= 11 is 1.38. The summed E-state index contributed by atoms with van der Waals surface area (Å²) in [6, 6.07) is 5.32. The summed E-state index contributed by atoms with van der Waals surface area (Å²) in [5, 5.41) is 0. The maximum Gasteiger partial charge on any atom is 0.337 e. The summed E-state index contributed by atoms with van der Waals surface area (Å²) in [6.07, 6.45) is 0.354. The number of amides is 1. The number of hydrogen-bond acceptors (Lipinski definition) is 5. The number of benzene rings is 1. The predicted molar refractivity (Wildman–Crippen MR) is 88.5 cm³/mol. The number of rotatable bonds is 6. The average Bonchev–Trinajstić information content (AvgIpc) is 2.90. The van der Waals surface area contributed by atoms with Crippen LogP contribution in [0.1, 0.15) is 30.6 Å². The molecule has 23 heavy (non-hydrogen) atoms. The fourth-order valence-corrected chi connectivity index (χ4v) is 3.22. The minimum Gasteiger partial charge on any atom is -0.465 e. The molecule has 0 spiro atoms. The van der Waals surface area contributed by atoms with Gasteiger partial charge < -0.3 is 14.0 Å². The highest BCUT2D eigenvalue weighted by atomic mass is 32.1. The van der Waals surface area contributed by atoms with Gasteiger partial charge in [-0.05, 0) is 25.1 Å². The lowest BCUT2D eigenvalue weighted by Crippen LogP contribution is -2.19. The van der Waals surface area contributed by atoms with Gasteiger partial charge in [0.2, 0.25) is 5.91 Å². The average molecular weight is 336 g/mol. The second kappa shape index (κ2) is 8.03. The minimum absolute atomic E-state index is 0.171. The van der Waals surface area contributed by atoms with Crippen LogP contribution in [0.15, 0.2) is 23.2 Å². The Morgan fingerprint density at radius 3 is 2.74 bits per heavy atom. The Labute approximate surface area is 138 Å². The summed E-state index contributed by atoms with van der Waals surface area (Å²) in [6.45, 7) is 5.48. The van der Waals surface area contributed by atoms with Crippen LogP contribution < -0.4 is 4.80 Å². The van der Waals surface area contributed by atoms with Gasteiger partial charge in [-0.15, -0.1) is 0 Å². The second-order valence-electron chi connectivity index (χ2n) is 4.77. The van der Waals surface area contributed by atoms with Crippen molar-refractivity contribution in [1.82, 2.24) is 4.57 Å². The summed E-state index contributed by atoms with van der Waals surface area (Å²) in [4.78, 5) is 28.1. The summed E-state index contributed by atoms with van der Waals surface area (Å²) in [7, 11) is 1.35. The molecule has 0 saturated heterocycles. The minimum atomic E-state index is -0.385. The van der Waals surface area contributed by atoms with Crippen molar-refractivity contribution in [2.75, 3.05) is 20.3 Å². The standard InChI is InChI=1S/C16H20N2O4S/c1-4-14(19)17-16-18(8-9-22-5-2)12-7-6-11(15(20)21-3)10-13(12)23-16/h6-7,10H,4-5,8-9H2,1-3H3. The van der Waals surface area contributed by atoms with Gasteiger partial charge in [-0.3, -0.25) is 4.79 Å². The zero-order chi connectivity index (χ0) is 16.8. The van der Waals surface area contributed by atoms with Gasteiger partial charge >= 0.3 is 5.97 Å². The van der Waals surface area contributed by atoms with Crippen LogP contribution in [0.5, 0.6) is 0 Å². The Bertz CT molecular complexity index is 776. The van der Waals surface area contributed by atoms with Gasteiger partial charge in [0, 0.05) is 19.6 Å². The van der Waals surface area contributed by atoms with Crippen LogP contribution in [0.4, 0.5) is 0 Å². The van der Waals surface area contributed by atoms with Crippen LogP contribution in [-0.2, 0) is 20.8 Å². The monoisotopic (exact) mass is 336 g/mol. The maximum atomic E-state index is 11.7. The van der Waals surface area contributed by atoms with Gasteiger partial charge in [0.25, 0.3) is 0 Å². The van der Waals surface area contributed by atoms with E-state index in [-0.39, 0.29) is 11.9 Å². The highest BCUT2D eigenvalue weighted by molar-refractivity contribution is 7.16. The number of carbonyl (C=O) groups excluding carboxylic acids is 2. The molecule has 0 atom stereocenters. The second-order valence-corrected chi connectivity index (χ2v) is 5.78. The van der Waals surface area contributed by atoms with Gasteiger partial charge in [0.05, 0.1) is 29.5 Å². The number of nitrogens with zero attached hydrogens (tertiary/aromatic N) is 2. The van der Waals surface area contributed by atoms with E-state index in [0.29, 0.717) is 36.5 Å². The van der Waals surface area contributed by atoms with Gasteiger partial charge in [0.1, 0.15) is 0 Å². The molecule has 0 unspecified atom stereocenters. The molecule has 6 nitrogen and oxygen atoms in total. The Morgan fingerprint density at radius 2 is 2.09 bits per heavy atom. The van der Waals surface area contributed by atoms with Crippen LogP contribution in [0, 0.1) is 0 Å². The number of esters is 1. The molecule has 124 valence electrons. The zero-order valence-electron chi connectivity index (χ0n) is 13.5. The first-order valence-electron chi connectivity index (χ1n) is 7.47. The van der Waals surface area contributed by atoms with Crippen molar-refractivity contribution in [3.05, 3.63) is 28.6 Å². The van der Waals surface area contributed by atoms with Crippen LogP contribution in [0.2, 0.25) is 0 Å². The van der Waals surface area contributed by atoms with Crippen molar-refractivity contribution in [3.63, 3.8) is 0 Å². The molecule has 0 saturated carbocycles. The van der Waals surface area contributed by atoms with E-state index in [1.54, 1.807) is 19.1 Å². The molecule has 1 amide bonds. The molecule has 0 aliphatic heterocycles. The molecule has 1 aromatic heterocycles. The largest absolute Gasteiger partial charge is 0.465 e. The summed E-state index contributed by atoms with van der Waals surface area (Å²) < 4.78 is 13.0. The van der Waals surface area contributed by atoms with E-state index in [1.165, 1.54) is 18.4 Å². The molecule has 1 heterocycles. The first-order chi connectivity index (χ1) is 11.1. The fourth-order valence-electron chi connectivity index (χ4n) is 2.11. The molecule has 0 fully saturated rings. The Morgan fingerprint density at radius 1 is 1.30 bits per heavy atom. The molecular formula is C16H20N2O4S. The lowest BCUT2D eigenvalue weighted by Gasteiger charge is -2.06. The van der Waals surface area contributed by atoms with Crippen molar-refractivity contribution < 1.29 is 19.1 Å². The van der Waals surface area contributed by atoms with Gasteiger partial charge in [-0.25, -0.2) is 4.79 Å². The number of carbonyl (C=O) groups is 2. The lowest BCUT2D eigenvalue weighted by atomic mass is 10.2. The molecule has 0 N–H and O–H groups in total. The molecule has 1 aromatic carbocycles. The van der Waals surface area contributed by atoms with Crippen molar-refractivity contribution in [1.29, 1.82) is 0 Å². The van der Waals surface area contributed by atoms with E-state index in [2.05, 4.69) is 4.99 Å². The van der Waals surface area contributed by atoms with Crippen molar-refractivity contribution in [2.24, 2.45) is 4.99 Å².